The molecule has 0 aliphatic rings. The molecule has 0 N–H and O–H groups in total. The van der Waals surface area contributed by atoms with Crippen LogP contribution in [0.2, 0.25) is 0 Å². The molecule has 3 rings (SSSR count). The molecule has 10 heteroatoms. The second-order valence-corrected chi connectivity index (χ2v) is 4.70. The fourth-order valence-corrected chi connectivity index (χ4v) is 2.16. The van der Waals surface area contributed by atoms with Gasteiger partial charge in [-0.3, -0.25) is 0 Å². The van der Waals surface area contributed by atoms with Crippen molar-refractivity contribution < 1.29 is 26.7 Å². The molecule has 0 spiro atoms. The van der Waals surface area contributed by atoms with Gasteiger partial charge in [0.2, 0.25) is 0 Å². The number of benzene rings is 1. The lowest BCUT2D eigenvalue weighted by Gasteiger charge is -2.10. The average molecular weight is 344 g/mol. The zero-order chi connectivity index (χ0) is 17.3. The van der Waals surface area contributed by atoms with E-state index in [1.165, 1.54) is 18.5 Å². The van der Waals surface area contributed by atoms with Gasteiger partial charge in [0.25, 0.3) is 6.43 Å². The van der Waals surface area contributed by atoms with Crippen molar-refractivity contribution in [2.24, 2.45) is 0 Å². The predicted octanol–water partition coefficient (Wildman–Crippen LogP) is 3.50. The molecule has 2 aromatic heterocycles. The summed E-state index contributed by atoms with van der Waals surface area (Å²) in [5, 5.41) is 3.76. The molecule has 24 heavy (non-hydrogen) atoms. The van der Waals surface area contributed by atoms with E-state index < -0.39 is 31.1 Å². The van der Waals surface area contributed by atoms with Gasteiger partial charge in [-0.15, -0.1) is 0 Å². The third-order valence-electron chi connectivity index (χ3n) is 3.09. The van der Waals surface area contributed by atoms with Crippen LogP contribution in [0.5, 0.6) is 5.75 Å². The van der Waals surface area contributed by atoms with Crippen molar-refractivity contribution in [2.45, 2.75) is 19.6 Å². The van der Waals surface area contributed by atoms with Gasteiger partial charge in [-0.25, -0.2) is 27.8 Å². The molecule has 0 saturated heterocycles. The molecule has 0 atom stereocenters. The normalized spacial score (nSPS) is 11.6. The van der Waals surface area contributed by atoms with E-state index in [1.807, 2.05) is 0 Å². The van der Waals surface area contributed by atoms with Gasteiger partial charge in [-0.2, -0.15) is 13.9 Å². The van der Waals surface area contributed by atoms with Gasteiger partial charge in [-0.05, 0) is 12.1 Å². The van der Waals surface area contributed by atoms with Crippen molar-refractivity contribution in [3.63, 3.8) is 0 Å². The number of halogens is 5. The Bertz CT molecular complexity index is 867. The number of hydrogen-bond donors (Lipinski definition) is 0. The van der Waals surface area contributed by atoms with Crippen LogP contribution in [-0.4, -0.2) is 32.8 Å². The van der Waals surface area contributed by atoms with Crippen molar-refractivity contribution in [1.82, 2.24) is 19.7 Å². The monoisotopic (exact) mass is 344 g/mol. The van der Waals surface area contributed by atoms with E-state index in [4.69, 9.17) is 0 Å². The maximum absolute atomic E-state index is 13.2. The number of alkyl halides is 4. The largest absolute Gasteiger partial charge is 0.434 e. The van der Waals surface area contributed by atoms with Crippen molar-refractivity contribution in [3.05, 3.63) is 36.4 Å². The van der Waals surface area contributed by atoms with Gasteiger partial charge in [0, 0.05) is 11.6 Å². The highest BCUT2D eigenvalue weighted by Gasteiger charge is 2.16. The summed E-state index contributed by atoms with van der Waals surface area (Å²) in [7, 11) is 0. The molecular weight excluding hydrogens is 335 g/mol. The summed E-state index contributed by atoms with van der Waals surface area (Å²) in [4.78, 5) is 8.11. The van der Waals surface area contributed by atoms with Crippen molar-refractivity contribution in [1.29, 1.82) is 0 Å². The Balaban J connectivity index is 2.04. The summed E-state index contributed by atoms with van der Waals surface area (Å²) in [6.45, 7) is -3.79. The Kier molecular flexibility index (Phi) is 4.28. The van der Waals surface area contributed by atoms with Gasteiger partial charge in [0.1, 0.15) is 23.6 Å². The SMILES string of the molecule is Fc1ccc(-c2cnc3c(cnn3CC(F)F)n2)c(OC(F)F)c1. The third kappa shape index (κ3) is 3.26. The van der Waals surface area contributed by atoms with Crippen LogP contribution in [0, 0.1) is 5.82 Å². The lowest BCUT2D eigenvalue weighted by molar-refractivity contribution is -0.0496. The van der Waals surface area contributed by atoms with Crippen LogP contribution in [0.1, 0.15) is 0 Å². The quantitative estimate of drug-likeness (QED) is 0.665. The van der Waals surface area contributed by atoms with Crippen molar-refractivity contribution >= 4 is 11.2 Å². The highest BCUT2D eigenvalue weighted by Crippen LogP contribution is 2.31. The van der Waals surface area contributed by atoms with Crippen molar-refractivity contribution in [3.8, 4) is 17.0 Å². The Morgan fingerprint density at radius 1 is 1.12 bits per heavy atom. The fraction of sp³-hybridized carbons (Fsp3) is 0.214. The molecule has 0 bridgehead atoms. The molecular formula is C14H9F5N4O. The van der Waals surface area contributed by atoms with Gasteiger partial charge in [-0.1, -0.05) is 0 Å². The first kappa shape index (κ1) is 16.1. The van der Waals surface area contributed by atoms with Crippen LogP contribution in [0.25, 0.3) is 22.4 Å². The Morgan fingerprint density at radius 2 is 1.92 bits per heavy atom. The molecule has 0 aliphatic heterocycles. The Labute approximate surface area is 131 Å². The van der Waals surface area contributed by atoms with Gasteiger partial charge in [0.15, 0.2) is 5.65 Å². The van der Waals surface area contributed by atoms with Gasteiger partial charge in [0.05, 0.1) is 18.1 Å². The molecule has 3 aromatic rings. The second kappa shape index (κ2) is 6.38. The predicted molar refractivity (Wildman–Crippen MR) is 73.4 cm³/mol. The first-order valence-electron chi connectivity index (χ1n) is 6.65. The first-order chi connectivity index (χ1) is 11.4. The smallest absolute Gasteiger partial charge is 0.387 e. The lowest BCUT2D eigenvalue weighted by atomic mass is 10.1. The summed E-state index contributed by atoms with van der Waals surface area (Å²) in [5.74, 6) is -1.16. The zero-order valence-electron chi connectivity index (χ0n) is 11.8. The summed E-state index contributed by atoms with van der Waals surface area (Å²) < 4.78 is 68.3. The summed E-state index contributed by atoms with van der Waals surface area (Å²) in [6.07, 6.45) is -0.194. The molecule has 0 saturated carbocycles. The molecule has 1 aromatic carbocycles. The van der Waals surface area contributed by atoms with E-state index in [-0.39, 0.29) is 22.4 Å². The molecule has 126 valence electrons. The number of ether oxygens (including phenoxy) is 1. The summed E-state index contributed by atoms with van der Waals surface area (Å²) in [6, 6.07) is 3.07. The van der Waals surface area contributed by atoms with E-state index in [0.29, 0.717) is 0 Å². The first-order valence-corrected chi connectivity index (χ1v) is 6.65. The maximum Gasteiger partial charge on any atom is 0.387 e. The van der Waals surface area contributed by atoms with E-state index in [9.17, 15) is 22.0 Å². The van der Waals surface area contributed by atoms with Crippen LogP contribution in [0.4, 0.5) is 22.0 Å². The zero-order valence-corrected chi connectivity index (χ0v) is 11.8. The molecule has 0 radical (unpaired) electrons. The van der Waals surface area contributed by atoms with E-state index in [0.717, 1.165) is 16.8 Å². The van der Waals surface area contributed by atoms with Crippen LogP contribution >= 0.6 is 0 Å². The van der Waals surface area contributed by atoms with Gasteiger partial charge < -0.3 is 4.74 Å². The van der Waals surface area contributed by atoms with Crippen LogP contribution in [0.3, 0.4) is 0 Å². The minimum Gasteiger partial charge on any atom is -0.434 e. The van der Waals surface area contributed by atoms with Crippen LogP contribution in [0.15, 0.2) is 30.6 Å². The lowest BCUT2D eigenvalue weighted by Crippen LogP contribution is -2.08. The summed E-state index contributed by atoms with van der Waals surface area (Å²) in [5.41, 5.74) is 0.528. The molecule has 0 amide bonds. The Morgan fingerprint density at radius 3 is 2.62 bits per heavy atom. The minimum atomic E-state index is -3.14. The van der Waals surface area contributed by atoms with Crippen molar-refractivity contribution in [2.75, 3.05) is 0 Å². The minimum absolute atomic E-state index is 0.0905. The highest BCUT2D eigenvalue weighted by atomic mass is 19.3. The van der Waals surface area contributed by atoms with Crippen LogP contribution < -0.4 is 4.74 Å². The number of rotatable bonds is 5. The van der Waals surface area contributed by atoms with Gasteiger partial charge >= 0.3 is 6.61 Å². The number of hydrogen-bond acceptors (Lipinski definition) is 4. The molecule has 0 fully saturated rings. The molecule has 5 nitrogen and oxygen atoms in total. The van der Waals surface area contributed by atoms with E-state index >= 15 is 0 Å². The third-order valence-corrected chi connectivity index (χ3v) is 3.09. The second-order valence-electron chi connectivity index (χ2n) is 4.70. The van der Waals surface area contributed by atoms with E-state index in [1.54, 1.807) is 0 Å². The number of aromatic nitrogens is 4. The average Bonchev–Trinajstić information content (AvgIpc) is 2.88. The Hall–Kier alpha value is -2.78. The summed E-state index contributed by atoms with van der Waals surface area (Å²) >= 11 is 0. The highest BCUT2D eigenvalue weighted by molar-refractivity contribution is 5.75. The van der Waals surface area contributed by atoms with Crippen LogP contribution in [-0.2, 0) is 6.54 Å². The topological polar surface area (TPSA) is 52.8 Å². The fourth-order valence-electron chi connectivity index (χ4n) is 2.16. The maximum atomic E-state index is 13.2. The van der Waals surface area contributed by atoms with E-state index in [2.05, 4.69) is 19.8 Å². The molecule has 2 heterocycles. The standard InChI is InChI=1S/C14H9F5N4O/c15-7-1-2-8(11(3-7)24-14(18)19)9-4-20-13-10(22-9)5-21-23(13)6-12(16)17/h1-5,12,14H,6H2. The molecule has 0 unspecified atom stereocenters. The number of nitrogens with zero attached hydrogens (tertiary/aromatic N) is 4. The molecule has 0 aliphatic carbocycles. The number of fused-ring (bicyclic) bond motifs is 1.